The zero-order valence-electron chi connectivity index (χ0n) is 7.50. The Hall–Kier alpha value is -1.42. The standard InChI is InChI=1S/C10H11F2NO/c11-8-5-7(3-1-2-4-13)6-9(12)10(8)14/h1,3,5-6,14H,2,4,13H2. The monoisotopic (exact) mass is 199 g/mol. The van der Waals surface area contributed by atoms with Gasteiger partial charge in [0.1, 0.15) is 0 Å². The molecule has 4 heteroatoms. The highest BCUT2D eigenvalue weighted by atomic mass is 19.1. The Bertz CT molecular complexity index is 327. The van der Waals surface area contributed by atoms with E-state index in [1.165, 1.54) is 0 Å². The fraction of sp³-hybridized carbons (Fsp3) is 0.200. The first-order chi connectivity index (χ1) is 6.65. The zero-order chi connectivity index (χ0) is 10.6. The first kappa shape index (κ1) is 10.7. The van der Waals surface area contributed by atoms with Crippen molar-refractivity contribution in [3.05, 3.63) is 35.4 Å². The molecule has 0 aliphatic rings. The van der Waals surface area contributed by atoms with E-state index in [9.17, 15) is 8.78 Å². The molecule has 0 amide bonds. The summed E-state index contributed by atoms with van der Waals surface area (Å²) in [4.78, 5) is 0. The van der Waals surface area contributed by atoms with Crippen molar-refractivity contribution in [2.45, 2.75) is 6.42 Å². The van der Waals surface area contributed by atoms with Gasteiger partial charge in [-0.2, -0.15) is 0 Å². The minimum atomic E-state index is -0.961. The Morgan fingerprint density at radius 3 is 2.36 bits per heavy atom. The summed E-state index contributed by atoms with van der Waals surface area (Å²) in [5, 5.41) is 8.81. The highest BCUT2D eigenvalue weighted by molar-refractivity contribution is 5.51. The minimum absolute atomic E-state index is 0.367. The lowest BCUT2D eigenvalue weighted by atomic mass is 10.2. The molecule has 2 nitrogen and oxygen atoms in total. The number of hydrogen-bond donors (Lipinski definition) is 2. The van der Waals surface area contributed by atoms with Gasteiger partial charge >= 0.3 is 0 Å². The maximum absolute atomic E-state index is 12.8. The Labute approximate surface area is 80.7 Å². The van der Waals surface area contributed by atoms with Gasteiger partial charge < -0.3 is 10.8 Å². The second-order valence-electron chi connectivity index (χ2n) is 2.81. The summed E-state index contributed by atoms with van der Waals surface area (Å²) in [5.74, 6) is -2.87. The van der Waals surface area contributed by atoms with Crippen LogP contribution in [-0.4, -0.2) is 11.7 Å². The van der Waals surface area contributed by atoms with E-state index in [0.29, 0.717) is 18.5 Å². The molecular weight excluding hydrogens is 188 g/mol. The molecule has 0 aromatic heterocycles. The number of rotatable bonds is 3. The van der Waals surface area contributed by atoms with Gasteiger partial charge in [0.15, 0.2) is 17.4 Å². The smallest absolute Gasteiger partial charge is 0.187 e. The Morgan fingerprint density at radius 2 is 1.86 bits per heavy atom. The predicted molar refractivity (Wildman–Crippen MR) is 50.7 cm³/mol. The number of aromatic hydroxyl groups is 1. The van der Waals surface area contributed by atoms with Gasteiger partial charge in [0.2, 0.25) is 0 Å². The van der Waals surface area contributed by atoms with Gasteiger partial charge in [-0.15, -0.1) is 0 Å². The normalized spacial score (nSPS) is 11.1. The number of phenols is 1. The lowest BCUT2D eigenvalue weighted by Crippen LogP contribution is -1.95. The van der Waals surface area contributed by atoms with Crippen molar-refractivity contribution in [3.8, 4) is 5.75 Å². The average molecular weight is 199 g/mol. The second-order valence-corrected chi connectivity index (χ2v) is 2.81. The van der Waals surface area contributed by atoms with Gasteiger partial charge in [-0.05, 0) is 30.7 Å². The van der Waals surface area contributed by atoms with E-state index < -0.39 is 17.4 Å². The van der Waals surface area contributed by atoms with E-state index in [-0.39, 0.29) is 0 Å². The van der Waals surface area contributed by atoms with Crippen molar-refractivity contribution < 1.29 is 13.9 Å². The largest absolute Gasteiger partial charge is 0.503 e. The van der Waals surface area contributed by atoms with Crippen LogP contribution in [0.15, 0.2) is 18.2 Å². The minimum Gasteiger partial charge on any atom is -0.503 e. The Balaban J connectivity index is 2.89. The van der Waals surface area contributed by atoms with E-state index in [1.807, 2.05) is 0 Å². The topological polar surface area (TPSA) is 46.2 Å². The van der Waals surface area contributed by atoms with Crippen LogP contribution in [0, 0.1) is 11.6 Å². The first-order valence-electron chi connectivity index (χ1n) is 4.19. The van der Waals surface area contributed by atoms with E-state index >= 15 is 0 Å². The van der Waals surface area contributed by atoms with Crippen molar-refractivity contribution in [2.75, 3.05) is 6.54 Å². The van der Waals surface area contributed by atoms with Crippen LogP contribution in [0.1, 0.15) is 12.0 Å². The van der Waals surface area contributed by atoms with E-state index in [4.69, 9.17) is 10.8 Å². The molecule has 0 atom stereocenters. The molecule has 0 radical (unpaired) electrons. The maximum Gasteiger partial charge on any atom is 0.187 e. The molecule has 1 aromatic carbocycles. The van der Waals surface area contributed by atoms with Crippen LogP contribution in [0.4, 0.5) is 8.78 Å². The van der Waals surface area contributed by atoms with Crippen LogP contribution < -0.4 is 5.73 Å². The van der Waals surface area contributed by atoms with Crippen LogP contribution in [0.25, 0.3) is 6.08 Å². The van der Waals surface area contributed by atoms with E-state index in [0.717, 1.165) is 12.1 Å². The molecule has 3 N–H and O–H groups in total. The highest BCUT2D eigenvalue weighted by Crippen LogP contribution is 2.21. The van der Waals surface area contributed by atoms with Gasteiger partial charge in [0.25, 0.3) is 0 Å². The molecule has 0 saturated carbocycles. The van der Waals surface area contributed by atoms with Crippen molar-refractivity contribution in [1.82, 2.24) is 0 Å². The van der Waals surface area contributed by atoms with E-state index in [1.54, 1.807) is 12.2 Å². The number of nitrogens with two attached hydrogens (primary N) is 1. The van der Waals surface area contributed by atoms with Gasteiger partial charge in [-0.25, -0.2) is 8.78 Å². The number of halogens is 2. The fourth-order valence-electron chi connectivity index (χ4n) is 0.997. The van der Waals surface area contributed by atoms with Crippen LogP contribution in [0.5, 0.6) is 5.75 Å². The molecule has 0 unspecified atom stereocenters. The van der Waals surface area contributed by atoms with Crippen molar-refractivity contribution >= 4 is 6.08 Å². The third-order valence-corrected chi connectivity index (χ3v) is 1.68. The molecule has 0 aliphatic carbocycles. The number of phenolic OH excluding ortho intramolecular Hbond substituents is 1. The highest BCUT2D eigenvalue weighted by Gasteiger charge is 2.07. The van der Waals surface area contributed by atoms with Crippen molar-refractivity contribution in [1.29, 1.82) is 0 Å². The summed E-state index contributed by atoms with van der Waals surface area (Å²) >= 11 is 0. The van der Waals surface area contributed by atoms with Gasteiger partial charge in [0.05, 0.1) is 0 Å². The summed E-state index contributed by atoms with van der Waals surface area (Å²) in [7, 11) is 0. The van der Waals surface area contributed by atoms with Gasteiger partial charge in [-0.3, -0.25) is 0 Å². The molecule has 0 aliphatic heterocycles. The van der Waals surface area contributed by atoms with Gasteiger partial charge in [-0.1, -0.05) is 12.2 Å². The second kappa shape index (κ2) is 4.72. The molecule has 0 fully saturated rings. The fourth-order valence-corrected chi connectivity index (χ4v) is 0.997. The molecular formula is C10H11F2NO. The molecule has 0 heterocycles. The predicted octanol–water partition coefficient (Wildman–Crippen LogP) is 2.03. The Kier molecular flexibility index (Phi) is 3.59. The van der Waals surface area contributed by atoms with Crippen molar-refractivity contribution in [3.63, 3.8) is 0 Å². The molecule has 14 heavy (non-hydrogen) atoms. The summed E-state index contributed by atoms with van der Waals surface area (Å²) in [6.45, 7) is 0.486. The third-order valence-electron chi connectivity index (χ3n) is 1.68. The van der Waals surface area contributed by atoms with Crippen LogP contribution in [-0.2, 0) is 0 Å². The molecule has 76 valence electrons. The average Bonchev–Trinajstić information content (AvgIpc) is 2.14. The molecule has 1 aromatic rings. The number of benzene rings is 1. The van der Waals surface area contributed by atoms with Crippen LogP contribution in [0.2, 0.25) is 0 Å². The lowest BCUT2D eigenvalue weighted by molar-refractivity contribution is 0.396. The maximum atomic E-state index is 12.8. The zero-order valence-corrected chi connectivity index (χ0v) is 7.50. The lowest BCUT2D eigenvalue weighted by Gasteiger charge is -1.99. The summed E-state index contributed by atoms with van der Waals surface area (Å²) in [6, 6.07) is 2.12. The SMILES string of the molecule is NCCC=Cc1cc(F)c(O)c(F)c1. The summed E-state index contributed by atoms with van der Waals surface area (Å²) in [6.07, 6.45) is 3.91. The van der Waals surface area contributed by atoms with Gasteiger partial charge in [0, 0.05) is 0 Å². The molecule has 0 spiro atoms. The number of hydrogen-bond acceptors (Lipinski definition) is 2. The Morgan fingerprint density at radius 1 is 1.29 bits per heavy atom. The summed E-state index contributed by atoms with van der Waals surface area (Å²) in [5.41, 5.74) is 5.60. The quantitative estimate of drug-likeness (QED) is 0.782. The summed E-state index contributed by atoms with van der Waals surface area (Å²) < 4.78 is 25.6. The molecule has 0 saturated heterocycles. The third kappa shape index (κ3) is 2.53. The van der Waals surface area contributed by atoms with E-state index in [2.05, 4.69) is 0 Å². The van der Waals surface area contributed by atoms with Crippen LogP contribution in [0.3, 0.4) is 0 Å². The molecule has 0 bridgehead atoms. The first-order valence-corrected chi connectivity index (χ1v) is 4.19. The molecule has 1 rings (SSSR count). The van der Waals surface area contributed by atoms with Crippen molar-refractivity contribution in [2.24, 2.45) is 5.73 Å². The van der Waals surface area contributed by atoms with Crippen LogP contribution >= 0.6 is 0 Å².